The molecule has 0 heterocycles. The van der Waals surface area contributed by atoms with Gasteiger partial charge in [0.1, 0.15) is 0 Å². The zero-order chi connectivity index (χ0) is 13.0. The molecule has 0 aromatic heterocycles. The predicted octanol–water partition coefficient (Wildman–Crippen LogP) is 2.52. The van der Waals surface area contributed by atoms with Gasteiger partial charge in [0.05, 0.1) is 6.04 Å². The van der Waals surface area contributed by atoms with Crippen LogP contribution in [0.5, 0.6) is 0 Å². The van der Waals surface area contributed by atoms with Crippen molar-refractivity contribution in [3.8, 4) is 0 Å². The van der Waals surface area contributed by atoms with Gasteiger partial charge in [-0.2, -0.15) is 0 Å². The third-order valence-corrected chi connectivity index (χ3v) is 2.80. The summed E-state index contributed by atoms with van der Waals surface area (Å²) >= 11 is 0. The monoisotopic (exact) mass is 233 g/mol. The minimum absolute atomic E-state index is 0.0443. The molecule has 1 unspecified atom stereocenters. The van der Waals surface area contributed by atoms with Gasteiger partial charge in [-0.05, 0) is 37.5 Å². The number of hydrogen-bond donors (Lipinski definition) is 1. The Kier molecular flexibility index (Phi) is 4.44. The quantitative estimate of drug-likeness (QED) is 0.868. The Morgan fingerprint density at radius 1 is 1.06 bits per heavy atom. The van der Waals surface area contributed by atoms with Gasteiger partial charge in [0.15, 0.2) is 5.78 Å². The molecule has 0 aliphatic heterocycles. The molecule has 3 heteroatoms. The van der Waals surface area contributed by atoms with Crippen molar-refractivity contribution in [1.29, 1.82) is 0 Å². The first kappa shape index (κ1) is 13.4. The van der Waals surface area contributed by atoms with Crippen molar-refractivity contribution in [1.82, 2.24) is 5.32 Å². The molecule has 0 fully saturated rings. The number of hydrogen-bond acceptors (Lipinski definition) is 2. The molecule has 0 aliphatic carbocycles. The molecule has 3 nitrogen and oxygen atoms in total. The van der Waals surface area contributed by atoms with Crippen LogP contribution < -0.4 is 5.32 Å². The third kappa shape index (κ3) is 3.70. The molecular formula is C14H19NO2. The van der Waals surface area contributed by atoms with Crippen molar-refractivity contribution in [2.75, 3.05) is 0 Å². The molecule has 1 atom stereocenters. The van der Waals surface area contributed by atoms with Crippen LogP contribution >= 0.6 is 0 Å². The van der Waals surface area contributed by atoms with Crippen molar-refractivity contribution in [3.05, 3.63) is 35.4 Å². The molecule has 1 amide bonds. The highest BCUT2D eigenvalue weighted by atomic mass is 16.2. The highest BCUT2D eigenvalue weighted by Gasteiger charge is 2.12. The summed E-state index contributed by atoms with van der Waals surface area (Å²) in [5.74, 6) is 0.198. The molecule has 0 radical (unpaired) electrons. The van der Waals surface area contributed by atoms with E-state index in [1.807, 2.05) is 12.1 Å². The van der Waals surface area contributed by atoms with Gasteiger partial charge in [-0.15, -0.1) is 0 Å². The van der Waals surface area contributed by atoms with E-state index in [1.54, 1.807) is 19.1 Å². The molecular weight excluding hydrogens is 214 g/mol. The fourth-order valence-electron chi connectivity index (χ4n) is 1.40. The van der Waals surface area contributed by atoms with E-state index in [0.717, 1.165) is 0 Å². The van der Waals surface area contributed by atoms with E-state index < -0.39 is 6.04 Å². The fraction of sp³-hybridized carbons (Fsp3) is 0.429. The third-order valence-electron chi connectivity index (χ3n) is 2.80. The molecule has 0 bridgehead atoms. The maximum absolute atomic E-state index is 11.8. The molecule has 0 saturated heterocycles. The zero-order valence-corrected chi connectivity index (χ0v) is 10.8. The molecule has 0 spiro atoms. The largest absolute Gasteiger partial charge is 0.343 e. The normalized spacial score (nSPS) is 12.3. The van der Waals surface area contributed by atoms with Gasteiger partial charge in [0.25, 0.3) is 5.91 Å². The van der Waals surface area contributed by atoms with Gasteiger partial charge in [-0.25, -0.2) is 0 Å². The Labute approximate surface area is 102 Å². The second-order valence-electron chi connectivity index (χ2n) is 4.58. The second kappa shape index (κ2) is 5.62. The van der Waals surface area contributed by atoms with Crippen LogP contribution in [0.2, 0.25) is 0 Å². The van der Waals surface area contributed by atoms with Crippen LogP contribution in [0.4, 0.5) is 0 Å². The maximum atomic E-state index is 11.8. The smallest absolute Gasteiger partial charge is 0.251 e. The van der Waals surface area contributed by atoms with Gasteiger partial charge in [-0.3, -0.25) is 9.59 Å². The van der Waals surface area contributed by atoms with Gasteiger partial charge in [0, 0.05) is 5.56 Å². The number of benzene rings is 1. The van der Waals surface area contributed by atoms with Crippen molar-refractivity contribution in [3.63, 3.8) is 0 Å². The Hall–Kier alpha value is -1.64. The van der Waals surface area contributed by atoms with Crippen LogP contribution in [-0.4, -0.2) is 17.7 Å². The predicted molar refractivity (Wildman–Crippen MR) is 68.1 cm³/mol. The highest BCUT2D eigenvalue weighted by Crippen LogP contribution is 2.14. The minimum Gasteiger partial charge on any atom is -0.343 e. The van der Waals surface area contributed by atoms with E-state index in [4.69, 9.17) is 0 Å². The Balaban J connectivity index is 2.73. The highest BCUT2D eigenvalue weighted by molar-refractivity contribution is 5.97. The molecule has 0 saturated carbocycles. The standard InChI is InChI=1S/C14H19NO2/c1-9(2)12-5-7-13(8-6-12)14(17)15-10(3)11(4)16/h5-10H,1-4H3,(H,15,17). The van der Waals surface area contributed by atoms with Gasteiger partial charge in [-0.1, -0.05) is 26.0 Å². The molecule has 1 aromatic carbocycles. The van der Waals surface area contributed by atoms with E-state index in [-0.39, 0.29) is 11.7 Å². The summed E-state index contributed by atoms with van der Waals surface area (Å²) in [5, 5.41) is 2.66. The van der Waals surface area contributed by atoms with Crippen LogP contribution in [0.25, 0.3) is 0 Å². The number of amides is 1. The minimum atomic E-state index is -0.438. The summed E-state index contributed by atoms with van der Waals surface area (Å²) in [7, 11) is 0. The lowest BCUT2D eigenvalue weighted by molar-refractivity contribution is -0.118. The molecule has 1 aromatic rings. The lowest BCUT2D eigenvalue weighted by Crippen LogP contribution is -2.37. The number of Topliss-reactive ketones (excluding diaryl/α,β-unsaturated/α-hetero) is 1. The van der Waals surface area contributed by atoms with Gasteiger partial charge >= 0.3 is 0 Å². The zero-order valence-electron chi connectivity index (χ0n) is 10.8. The van der Waals surface area contributed by atoms with E-state index in [0.29, 0.717) is 11.5 Å². The number of rotatable bonds is 4. The topological polar surface area (TPSA) is 46.2 Å². The first-order chi connectivity index (χ1) is 7.91. The van der Waals surface area contributed by atoms with Crippen LogP contribution in [0.1, 0.15) is 49.5 Å². The summed E-state index contributed by atoms with van der Waals surface area (Å²) in [4.78, 5) is 22.8. The average molecular weight is 233 g/mol. The van der Waals surface area contributed by atoms with Crippen molar-refractivity contribution in [2.24, 2.45) is 0 Å². The molecule has 92 valence electrons. The van der Waals surface area contributed by atoms with Crippen LogP contribution in [0.15, 0.2) is 24.3 Å². The van der Waals surface area contributed by atoms with Crippen LogP contribution in [0, 0.1) is 0 Å². The lowest BCUT2D eigenvalue weighted by Gasteiger charge is -2.11. The van der Waals surface area contributed by atoms with E-state index >= 15 is 0 Å². The Morgan fingerprint density at radius 3 is 2.00 bits per heavy atom. The van der Waals surface area contributed by atoms with Crippen molar-refractivity contribution >= 4 is 11.7 Å². The summed E-state index contributed by atoms with van der Waals surface area (Å²) in [6.45, 7) is 7.36. The number of ketones is 1. The SMILES string of the molecule is CC(=O)C(C)NC(=O)c1ccc(C(C)C)cc1. The van der Waals surface area contributed by atoms with E-state index in [1.165, 1.54) is 12.5 Å². The van der Waals surface area contributed by atoms with E-state index in [9.17, 15) is 9.59 Å². The molecule has 1 N–H and O–H groups in total. The van der Waals surface area contributed by atoms with E-state index in [2.05, 4.69) is 19.2 Å². The second-order valence-corrected chi connectivity index (χ2v) is 4.58. The van der Waals surface area contributed by atoms with Crippen molar-refractivity contribution < 1.29 is 9.59 Å². The summed E-state index contributed by atoms with van der Waals surface area (Å²) < 4.78 is 0. The number of carbonyl (C=O) groups is 2. The summed E-state index contributed by atoms with van der Waals surface area (Å²) in [6.07, 6.45) is 0. The number of nitrogens with one attached hydrogen (secondary N) is 1. The van der Waals surface area contributed by atoms with Crippen LogP contribution in [0.3, 0.4) is 0 Å². The molecule has 1 rings (SSSR count). The average Bonchev–Trinajstić information content (AvgIpc) is 2.28. The maximum Gasteiger partial charge on any atom is 0.251 e. The summed E-state index contributed by atoms with van der Waals surface area (Å²) in [6, 6.07) is 7.03. The van der Waals surface area contributed by atoms with Gasteiger partial charge < -0.3 is 5.32 Å². The summed E-state index contributed by atoms with van der Waals surface area (Å²) in [5.41, 5.74) is 1.78. The first-order valence-electron chi connectivity index (χ1n) is 5.83. The lowest BCUT2D eigenvalue weighted by atomic mass is 10.0. The Morgan fingerprint density at radius 2 is 1.59 bits per heavy atom. The van der Waals surface area contributed by atoms with Crippen LogP contribution in [-0.2, 0) is 4.79 Å². The van der Waals surface area contributed by atoms with Gasteiger partial charge in [0.2, 0.25) is 0 Å². The fourth-order valence-corrected chi connectivity index (χ4v) is 1.40. The molecule has 0 aliphatic rings. The Bertz CT molecular complexity index is 407. The van der Waals surface area contributed by atoms with Crippen molar-refractivity contribution in [2.45, 2.75) is 39.7 Å². The first-order valence-corrected chi connectivity index (χ1v) is 5.83. The molecule has 17 heavy (non-hydrogen) atoms. The number of carbonyl (C=O) groups excluding carboxylic acids is 2.